The minimum Gasteiger partial charge on any atom is -0.399 e. The Labute approximate surface area is 129 Å². The van der Waals surface area contributed by atoms with E-state index in [0.29, 0.717) is 5.92 Å². The second-order valence-corrected chi connectivity index (χ2v) is 6.15. The molecular weight excluding hydrogens is 314 g/mol. The van der Waals surface area contributed by atoms with Gasteiger partial charge in [0.1, 0.15) is 10.4 Å². The molecule has 106 valence electrons. The van der Waals surface area contributed by atoms with Crippen LogP contribution in [0.1, 0.15) is 19.4 Å². The van der Waals surface area contributed by atoms with Crippen molar-refractivity contribution in [3.8, 4) is 0 Å². The molecule has 2 rings (SSSR count). The number of anilines is 2. The van der Waals surface area contributed by atoms with Crippen molar-refractivity contribution < 1.29 is 0 Å². The largest absolute Gasteiger partial charge is 0.399 e. The van der Waals surface area contributed by atoms with Gasteiger partial charge in [-0.1, -0.05) is 44.2 Å². The fraction of sp³-hybridized carbons (Fsp3) is 0.312. The highest BCUT2D eigenvalue weighted by atomic mass is 79.9. The lowest BCUT2D eigenvalue weighted by atomic mass is 10.1. The molecule has 0 radical (unpaired) electrons. The maximum atomic E-state index is 5.92. The van der Waals surface area contributed by atoms with Crippen molar-refractivity contribution in [2.24, 2.45) is 5.92 Å². The Morgan fingerprint density at radius 3 is 2.50 bits per heavy atom. The number of pyridine rings is 1. The van der Waals surface area contributed by atoms with Crippen molar-refractivity contribution in [3.63, 3.8) is 0 Å². The summed E-state index contributed by atoms with van der Waals surface area (Å²) in [5.41, 5.74) is 7.92. The Kier molecular flexibility index (Phi) is 5.01. The molecule has 0 aliphatic heterocycles. The highest BCUT2D eigenvalue weighted by Gasteiger charge is 2.12. The van der Waals surface area contributed by atoms with E-state index in [9.17, 15) is 0 Å². The van der Waals surface area contributed by atoms with Gasteiger partial charge in [0.15, 0.2) is 0 Å². The van der Waals surface area contributed by atoms with Gasteiger partial charge >= 0.3 is 0 Å². The van der Waals surface area contributed by atoms with Gasteiger partial charge in [0.25, 0.3) is 0 Å². The van der Waals surface area contributed by atoms with Crippen molar-refractivity contribution in [2.45, 2.75) is 20.4 Å². The van der Waals surface area contributed by atoms with E-state index in [1.807, 2.05) is 18.2 Å². The summed E-state index contributed by atoms with van der Waals surface area (Å²) in [5.74, 6) is 1.47. The van der Waals surface area contributed by atoms with Crippen LogP contribution in [0.2, 0.25) is 0 Å². The third kappa shape index (κ3) is 4.23. The van der Waals surface area contributed by atoms with Gasteiger partial charge in [0.05, 0.1) is 0 Å². The fourth-order valence-electron chi connectivity index (χ4n) is 2.15. The summed E-state index contributed by atoms with van der Waals surface area (Å²) < 4.78 is 0.773. The Bertz CT molecular complexity index is 535. The Morgan fingerprint density at radius 2 is 1.90 bits per heavy atom. The predicted octanol–water partition coefficient (Wildman–Crippen LogP) is 4.09. The molecule has 4 heteroatoms. The number of hydrogen-bond donors (Lipinski definition) is 1. The highest BCUT2D eigenvalue weighted by Crippen LogP contribution is 2.22. The first-order valence-corrected chi connectivity index (χ1v) is 7.56. The molecule has 0 aliphatic rings. The minimum absolute atomic E-state index is 0.556. The van der Waals surface area contributed by atoms with Gasteiger partial charge in [-0.05, 0) is 33.5 Å². The van der Waals surface area contributed by atoms with Crippen LogP contribution in [0.3, 0.4) is 0 Å². The fourth-order valence-corrected chi connectivity index (χ4v) is 2.59. The molecule has 0 fully saturated rings. The zero-order valence-corrected chi connectivity index (χ0v) is 13.5. The molecule has 1 aromatic heterocycles. The average Bonchev–Trinajstić information content (AvgIpc) is 2.37. The van der Waals surface area contributed by atoms with Gasteiger partial charge in [-0.2, -0.15) is 0 Å². The molecule has 2 N–H and O–H groups in total. The molecule has 0 bridgehead atoms. The Balaban J connectivity index is 2.27. The van der Waals surface area contributed by atoms with E-state index in [0.717, 1.165) is 29.2 Å². The quantitative estimate of drug-likeness (QED) is 0.838. The van der Waals surface area contributed by atoms with Crippen LogP contribution in [-0.2, 0) is 6.54 Å². The second kappa shape index (κ2) is 6.75. The SMILES string of the molecule is CC(C)CN(Cc1ccccc1)c1cc(N)cc(Br)n1. The van der Waals surface area contributed by atoms with Crippen LogP contribution in [0, 0.1) is 5.92 Å². The van der Waals surface area contributed by atoms with E-state index < -0.39 is 0 Å². The van der Waals surface area contributed by atoms with Gasteiger partial charge in [0.2, 0.25) is 0 Å². The molecule has 20 heavy (non-hydrogen) atoms. The third-order valence-corrected chi connectivity index (χ3v) is 3.33. The van der Waals surface area contributed by atoms with Crippen LogP contribution in [-0.4, -0.2) is 11.5 Å². The first-order valence-electron chi connectivity index (χ1n) is 6.76. The second-order valence-electron chi connectivity index (χ2n) is 5.34. The normalized spacial score (nSPS) is 10.8. The third-order valence-electron chi connectivity index (χ3n) is 2.93. The summed E-state index contributed by atoms with van der Waals surface area (Å²) in [4.78, 5) is 6.81. The predicted molar refractivity (Wildman–Crippen MR) is 88.7 cm³/mol. The summed E-state index contributed by atoms with van der Waals surface area (Å²) in [6.07, 6.45) is 0. The molecule has 0 spiro atoms. The van der Waals surface area contributed by atoms with E-state index >= 15 is 0 Å². The smallest absolute Gasteiger partial charge is 0.132 e. The molecule has 3 nitrogen and oxygen atoms in total. The molecule has 0 saturated heterocycles. The monoisotopic (exact) mass is 333 g/mol. The highest BCUT2D eigenvalue weighted by molar-refractivity contribution is 9.10. The average molecular weight is 334 g/mol. The minimum atomic E-state index is 0.556. The van der Waals surface area contributed by atoms with E-state index in [1.54, 1.807) is 0 Å². The van der Waals surface area contributed by atoms with Crippen molar-refractivity contribution in [1.82, 2.24) is 4.98 Å². The summed E-state index contributed by atoms with van der Waals surface area (Å²) in [5, 5.41) is 0. The number of rotatable bonds is 5. The summed E-state index contributed by atoms with van der Waals surface area (Å²) >= 11 is 3.42. The van der Waals surface area contributed by atoms with E-state index in [4.69, 9.17) is 5.73 Å². The van der Waals surface area contributed by atoms with Crippen molar-refractivity contribution >= 4 is 27.4 Å². The number of aromatic nitrogens is 1. The molecule has 2 aromatic rings. The maximum absolute atomic E-state index is 5.92. The number of halogens is 1. The lowest BCUT2D eigenvalue weighted by Crippen LogP contribution is -2.28. The molecule has 0 atom stereocenters. The number of nitrogen functional groups attached to an aromatic ring is 1. The summed E-state index contributed by atoms with van der Waals surface area (Å²) in [7, 11) is 0. The van der Waals surface area contributed by atoms with E-state index in [1.165, 1.54) is 5.56 Å². The van der Waals surface area contributed by atoms with E-state index in [-0.39, 0.29) is 0 Å². The molecular formula is C16H20BrN3. The van der Waals surface area contributed by atoms with E-state index in [2.05, 4.69) is 63.9 Å². The molecule has 0 unspecified atom stereocenters. The molecule has 1 heterocycles. The van der Waals surface area contributed by atoms with Gasteiger partial charge < -0.3 is 10.6 Å². The van der Waals surface area contributed by atoms with Crippen LogP contribution in [0.4, 0.5) is 11.5 Å². The zero-order valence-electron chi connectivity index (χ0n) is 11.9. The van der Waals surface area contributed by atoms with Gasteiger partial charge in [-0.25, -0.2) is 4.98 Å². The van der Waals surface area contributed by atoms with Crippen LogP contribution in [0.15, 0.2) is 47.1 Å². The van der Waals surface area contributed by atoms with Gasteiger partial charge in [-0.3, -0.25) is 0 Å². The van der Waals surface area contributed by atoms with Crippen molar-refractivity contribution in [1.29, 1.82) is 0 Å². The zero-order chi connectivity index (χ0) is 14.5. The Morgan fingerprint density at radius 1 is 1.20 bits per heavy atom. The maximum Gasteiger partial charge on any atom is 0.132 e. The molecule has 0 amide bonds. The molecule has 1 aromatic carbocycles. The van der Waals surface area contributed by atoms with Crippen LogP contribution >= 0.6 is 15.9 Å². The lowest BCUT2D eigenvalue weighted by molar-refractivity contribution is 0.604. The number of nitrogens with zero attached hydrogens (tertiary/aromatic N) is 2. The topological polar surface area (TPSA) is 42.1 Å². The molecule has 0 aliphatic carbocycles. The number of nitrogens with two attached hydrogens (primary N) is 1. The number of hydrogen-bond acceptors (Lipinski definition) is 3. The van der Waals surface area contributed by atoms with Crippen molar-refractivity contribution in [3.05, 3.63) is 52.6 Å². The number of benzene rings is 1. The summed E-state index contributed by atoms with van der Waals surface area (Å²) in [6, 6.07) is 14.2. The first-order chi connectivity index (χ1) is 9.54. The van der Waals surface area contributed by atoms with Gasteiger partial charge in [0, 0.05) is 24.8 Å². The first kappa shape index (κ1) is 14.9. The molecule has 0 saturated carbocycles. The lowest BCUT2D eigenvalue weighted by Gasteiger charge is -2.26. The summed E-state index contributed by atoms with van der Waals surface area (Å²) in [6.45, 7) is 6.19. The Hall–Kier alpha value is -1.55. The standard InChI is InChI=1S/C16H20BrN3/c1-12(2)10-20(11-13-6-4-3-5-7-13)16-9-14(18)8-15(17)19-16/h3-9,12H,10-11H2,1-2H3,(H2,18,19). The van der Waals surface area contributed by atoms with Crippen LogP contribution in [0.25, 0.3) is 0 Å². The van der Waals surface area contributed by atoms with Crippen LogP contribution < -0.4 is 10.6 Å². The van der Waals surface area contributed by atoms with Crippen LogP contribution in [0.5, 0.6) is 0 Å². The van der Waals surface area contributed by atoms with Crippen molar-refractivity contribution in [2.75, 3.05) is 17.2 Å². The van der Waals surface area contributed by atoms with Gasteiger partial charge in [-0.15, -0.1) is 0 Å².